The summed E-state index contributed by atoms with van der Waals surface area (Å²) >= 11 is 0. The molecule has 6 nitrogen and oxygen atoms in total. The standard InChI is InChI=1S/C15H21N5O/c1-9(2)10-3-5-11(6-4-10)14-19-15(21-20-14)12-13(16)18-8-7-17-12/h7-11H,3-6H2,1-2H3,(H2,16,18). The average Bonchev–Trinajstić information content (AvgIpc) is 2.97. The zero-order valence-electron chi connectivity index (χ0n) is 12.5. The number of hydrogen-bond acceptors (Lipinski definition) is 6. The summed E-state index contributed by atoms with van der Waals surface area (Å²) in [7, 11) is 0. The van der Waals surface area contributed by atoms with E-state index in [1.54, 1.807) is 12.4 Å². The van der Waals surface area contributed by atoms with E-state index in [0.717, 1.165) is 30.5 Å². The molecule has 0 saturated heterocycles. The van der Waals surface area contributed by atoms with Crippen LogP contribution < -0.4 is 5.73 Å². The molecule has 0 bridgehead atoms. The Bertz CT molecular complexity index is 602. The molecule has 0 spiro atoms. The number of nitrogens with two attached hydrogens (primary N) is 1. The second kappa shape index (κ2) is 5.79. The highest BCUT2D eigenvalue weighted by Crippen LogP contribution is 2.38. The van der Waals surface area contributed by atoms with Gasteiger partial charge in [0.05, 0.1) is 0 Å². The molecular weight excluding hydrogens is 266 g/mol. The van der Waals surface area contributed by atoms with Crippen LogP contribution in [0.2, 0.25) is 0 Å². The van der Waals surface area contributed by atoms with Crippen LogP contribution in [-0.4, -0.2) is 20.1 Å². The Hall–Kier alpha value is -1.98. The summed E-state index contributed by atoms with van der Waals surface area (Å²) in [6.07, 6.45) is 7.83. The molecule has 2 heterocycles. The highest BCUT2D eigenvalue weighted by Gasteiger charge is 2.27. The van der Waals surface area contributed by atoms with Gasteiger partial charge in [-0.3, -0.25) is 0 Å². The third-order valence-electron chi connectivity index (χ3n) is 4.45. The molecule has 112 valence electrons. The molecule has 0 aliphatic heterocycles. The maximum Gasteiger partial charge on any atom is 0.280 e. The number of nitrogen functional groups attached to an aromatic ring is 1. The van der Waals surface area contributed by atoms with E-state index in [2.05, 4.69) is 34.0 Å². The Balaban J connectivity index is 1.73. The predicted octanol–water partition coefficient (Wildman–Crippen LogP) is 3.04. The fourth-order valence-corrected chi connectivity index (χ4v) is 3.05. The molecule has 6 heteroatoms. The predicted molar refractivity (Wildman–Crippen MR) is 79.3 cm³/mol. The first kappa shape index (κ1) is 14.0. The lowest BCUT2D eigenvalue weighted by Crippen LogP contribution is -2.18. The van der Waals surface area contributed by atoms with Crippen LogP contribution in [0.25, 0.3) is 11.6 Å². The third kappa shape index (κ3) is 2.89. The fourth-order valence-electron chi connectivity index (χ4n) is 3.05. The fraction of sp³-hybridized carbons (Fsp3) is 0.600. The molecule has 1 fully saturated rings. The van der Waals surface area contributed by atoms with Crippen LogP contribution in [0.3, 0.4) is 0 Å². The van der Waals surface area contributed by atoms with Crippen molar-refractivity contribution in [1.29, 1.82) is 0 Å². The highest BCUT2D eigenvalue weighted by molar-refractivity contribution is 5.61. The van der Waals surface area contributed by atoms with Crippen LogP contribution in [0, 0.1) is 11.8 Å². The maximum absolute atomic E-state index is 5.79. The van der Waals surface area contributed by atoms with E-state index < -0.39 is 0 Å². The van der Waals surface area contributed by atoms with Crippen LogP contribution >= 0.6 is 0 Å². The van der Waals surface area contributed by atoms with Crippen molar-refractivity contribution in [3.63, 3.8) is 0 Å². The van der Waals surface area contributed by atoms with Crippen molar-refractivity contribution in [2.45, 2.75) is 45.4 Å². The number of nitrogens with zero attached hydrogens (tertiary/aromatic N) is 4. The van der Waals surface area contributed by atoms with E-state index in [1.807, 2.05) is 0 Å². The van der Waals surface area contributed by atoms with Crippen LogP contribution in [0.1, 0.15) is 51.3 Å². The van der Waals surface area contributed by atoms with E-state index in [9.17, 15) is 0 Å². The van der Waals surface area contributed by atoms with Crippen LogP contribution in [-0.2, 0) is 0 Å². The molecule has 0 unspecified atom stereocenters. The van der Waals surface area contributed by atoms with Gasteiger partial charge in [-0.1, -0.05) is 19.0 Å². The van der Waals surface area contributed by atoms with Crippen molar-refractivity contribution in [2.75, 3.05) is 5.73 Å². The van der Waals surface area contributed by atoms with Gasteiger partial charge >= 0.3 is 0 Å². The molecule has 1 saturated carbocycles. The van der Waals surface area contributed by atoms with Gasteiger partial charge in [0.15, 0.2) is 17.3 Å². The number of anilines is 1. The minimum absolute atomic E-state index is 0.316. The lowest BCUT2D eigenvalue weighted by molar-refractivity contribution is 0.252. The van der Waals surface area contributed by atoms with Gasteiger partial charge in [-0.05, 0) is 37.5 Å². The van der Waals surface area contributed by atoms with Crippen molar-refractivity contribution < 1.29 is 4.52 Å². The topological polar surface area (TPSA) is 90.7 Å². The van der Waals surface area contributed by atoms with E-state index >= 15 is 0 Å². The molecular formula is C15H21N5O. The van der Waals surface area contributed by atoms with Crippen molar-refractivity contribution in [1.82, 2.24) is 20.1 Å². The Labute approximate surface area is 124 Å². The Morgan fingerprint density at radius 2 is 1.86 bits per heavy atom. The molecule has 0 radical (unpaired) electrons. The lowest BCUT2D eigenvalue weighted by Gasteiger charge is -2.29. The number of hydrogen-bond donors (Lipinski definition) is 1. The summed E-state index contributed by atoms with van der Waals surface area (Å²) < 4.78 is 5.32. The van der Waals surface area contributed by atoms with Crippen molar-refractivity contribution in [2.24, 2.45) is 11.8 Å². The monoisotopic (exact) mass is 287 g/mol. The average molecular weight is 287 g/mol. The Morgan fingerprint density at radius 3 is 2.52 bits per heavy atom. The number of aromatic nitrogens is 4. The van der Waals surface area contributed by atoms with E-state index in [1.165, 1.54) is 12.8 Å². The van der Waals surface area contributed by atoms with E-state index in [4.69, 9.17) is 10.3 Å². The summed E-state index contributed by atoms with van der Waals surface area (Å²) in [6.45, 7) is 4.60. The SMILES string of the molecule is CC(C)C1CCC(c2noc(-c3nccnc3N)n2)CC1. The lowest BCUT2D eigenvalue weighted by atomic mass is 9.77. The molecule has 0 atom stereocenters. The molecule has 21 heavy (non-hydrogen) atoms. The third-order valence-corrected chi connectivity index (χ3v) is 4.45. The zero-order valence-corrected chi connectivity index (χ0v) is 12.5. The molecule has 2 aromatic rings. The first-order valence-corrected chi connectivity index (χ1v) is 7.55. The minimum Gasteiger partial charge on any atom is -0.382 e. The molecule has 1 aliphatic carbocycles. The second-order valence-electron chi connectivity index (χ2n) is 6.10. The summed E-state index contributed by atoms with van der Waals surface area (Å²) in [6, 6.07) is 0. The number of rotatable bonds is 3. The summed E-state index contributed by atoms with van der Waals surface area (Å²) in [5.74, 6) is 3.42. The van der Waals surface area contributed by atoms with Crippen LogP contribution in [0.4, 0.5) is 5.82 Å². The van der Waals surface area contributed by atoms with Gasteiger partial charge in [-0.25, -0.2) is 9.97 Å². The van der Waals surface area contributed by atoms with Gasteiger partial charge in [0.25, 0.3) is 5.89 Å². The smallest absolute Gasteiger partial charge is 0.280 e. The normalized spacial score (nSPS) is 22.6. The Kier molecular flexibility index (Phi) is 3.86. The van der Waals surface area contributed by atoms with Gasteiger partial charge in [0.2, 0.25) is 0 Å². The molecule has 2 aromatic heterocycles. The van der Waals surface area contributed by atoms with Crippen molar-refractivity contribution >= 4 is 5.82 Å². The van der Waals surface area contributed by atoms with E-state index in [-0.39, 0.29) is 0 Å². The Morgan fingerprint density at radius 1 is 1.14 bits per heavy atom. The van der Waals surface area contributed by atoms with E-state index in [0.29, 0.717) is 23.3 Å². The first-order chi connectivity index (χ1) is 10.1. The van der Waals surface area contributed by atoms with Gasteiger partial charge in [0, 0.05) is 18.3 Å². The summed E-state index contributed by atoms with van der Waals surface area (Å²) in [5.41, 5.74) is 6.26. The van der Waals surface area contributed by atoms with Gasteiger partial charge in [-0.2, -0.15) is 4.98 Å². The first-order valence-electron chi connectivity index (χ1n) is 7.55. The van der Waals surface area contributed by atoms with Gasteiger partial charge in [0.1, 0.15) is 0 Å². The molecule has 1 aliphatic rings. The van der Waals surface area contributed by atoms with Crippen molar-refractivity contribution in [3.05, 3.63) is 18.2 Å². The highest BCUT2D eigenvalue weighted by atomic mass is 16.5. The summed E-state index contributed by atoms with van der Waals surface area (Å²) in [4.78, 5) is 12.6. The zero-order chi connectivity index (χ0) is 14.8. The van der Waals surface area contributed by atoms with Gasteiger partial charge in [-0.15, -0.1) is 0 Å². The molecule has 2 N–H and O–H groups in total. The second-order valence-corrected chi connectivity index (χ2v) is 6.10. The molecule has 3 rings (SSSR count). The minimum atomic E-state index is 0.316. The maximum atomic E-state index is 5.79. The van der Waals surface area contributed by atoms with Crippen LogP contribution in [0.15, 0.2) is 16.9 Å². The quantitative estimate of drug-likeness (QED) is 0.933. The van der Waals surface area contributed by atoms with Gasteiger partial charge < -0.3 is 10.3 Å². The van der Waals surface area contributed by atoms with Crippen LogP contribution in [0.5, 0.6) is 0 Å². The molecule has 0 amide bonds. The largest absolute Gasteiger partial charge is 0.382 e. The summed E-state index contributed by atoms with van der Waals surface area (Å²) in [5, 5.41) is 4.12. The molecule has 0 aromatic carbocycles. The van der Waals surface area contributed by atoms with Crippen molar-refractivity contribution in [3.8, 4) is 11.6 Å².